The summed E-state index contributed by atoms with van der Waals surface area (Å²) in [5, 5.41) is 17.4. The van der Waals surface area contributed by atoms with E-state index in [1.807, 2.05) is 0 Å². The minimum atomic E-state index is -0.526. The van der Waals surface area contributed by atoms with Crippen LogP contribution in [0.5, 0.6) is 0 Å². The molecule has 2 aliphatic carbocycles. The number of nitro groups is 1. The summed E-state index contributed by atoms with van der Waals surface area (Å²) in [5.74, 6) is -0.737. The minimum Gasteiger partial charge on any atom is -0.349 e. The zero-order chi connectivity index (χ0) is 27.5. The highest BCUT2D eigenvalue weighted by Crippen LogP contribution is 2.40. The van der Waals surface area contributed by atoms with E-state index >= 15 is 0 Å². The van der Waals surface area contributed by atoms with Crippen LogP contribution in [0.25, 0.3) is 0 Å². The molecule has 206 valence electrons. The number of nitrogens with two attached hydrogens (primary N) is 1. The van der Waals surface area contributed by atoms with Gasteiger partial charge in [-0.2, -0.15) is 0 Å². The fourth-order valence-electron chi connectivity index (χ4n) is 6.23. The van der Waals surface area contributed by atoms with Gasteiger partial charge in [-0.05, 0) is 68.7 Å². The molecule has 0 saturated heterocycles. The summed E-state index contributed by atoms with van der Waals surface area (Å²) in [6.07, 6.45) is 8.46. The molecule has 3 amide bonds. The van der Waals surface area contributed by atoms with Crippen LogP contribution in [0, 0.1) is 16.0 Å². The van der Waals surface area contributed by atoms with E-state index in [2.05, 4.69) is 10.6 Å². The molecule has 1 unspecified atom stereocenters. The number of fused-ring (bicyclic) bond motifs is 1. The Kier molecular flexibility index (Phi) is 7.92. The lowest BCUT2D eigenvalue weighted by molar-refractivity contribution is -0.384. The van der Waals surface area contributed by atoms with Crippen LogP contribution in [-0.4, -0.2) is 40.8 Å². The third-order valence-corrected chi connectivity index (χ3v) is 8.34. The van der Waals surface area contributed by atoms with E-state index in [4.69, 9.17) is 5.73 Å². The van der Waals surface area contributed by atoms with Gasteiger partial charge in [0.2, 0.25) is 5.91 Å². The topological polar surface area (TPSA) is 148 Å². The van der Waals surface area contributed by atoms with E-state index < -0.39 is 16.9 Å². The Labute approximate surface area is 227 Å². The van der Waals surface area contributed by atoms with Crippen molar-refractivity contribution in [2.75, 3.05) is 10.2 Å². The molecule has 0 aromatic heterocycles. The summed E-state index contributed by atoms with van der Waals surface area (Å²) in [6.45, 7) is 0. The van der Waals surface area contributed by atoms with Gasteiger partial charge in [-0.15, -0.1) is 0 Å². The number of carbonyl (C=O) groups is 3. The monoisotopic (exact) mass is 533 g/mol. The molecule has 0 spiro atoms. The second kappa shape index (κ2) is 11.5. The molecule has 0 bridgehead atoms. The lowest BCUT2D eigenvalue weighted by Crippen LogP contribution is -2.46. The summed E-state index contributed by atoms with van der Waals surface area (Å²) in [7, 11) is 0. The normalized spacial score (nSPS) is 23.8. The average Bonchev–Trinajstić information content (AvgIpc) is 3.09. The Bertz CT molecular complexity index is 1270. The van der Waals surface area contributed by atoms with Crippen LogP contribution in [0.1, 0.15) is 84.9 Å². The van der Waals surface area contributed by atoms with Crippen LogP contribution in [0.3, 0.4) is 0 Å². The first kappa shape index (κ1) is 26.8. The van der Waals surface area contributed by atoms with Crippen molar-refractivity contribution < 1.29 is 19.3 Å². The Morgan fingerprint density at radius 1 is 0.974 bits per heavy atom. The third-order valence-electron chi connectivity index (χ3n) is 8.34. The van der Waals surface area contributed by atoms with E-state index in [1.54, 1.807) is 29.2 Å². The molecule has 2 aromatic carbocycles. The van der Waals surface area contributed by atoms with Crippen LogP contribution < -0.4 is 21.3 Å². The Balaban J connectivity index is 1.50. The SMILES string of the molecule is NC1CCC(NC(=O)c2ccc3c(c2)NC(=O)CC(C2CCCCC2)N3C(=O)c2cccc([N+](=O)[O-])c2)CC1. The number of non-ortho nitro benzene ring substituents is 1. The number of hydrogen-bond donors (Lipinski definition) is 3. The molecule has 10 nitrogen and oxygen atoms in total. The van der Waals surface area contributed by atoms with Gasteiger partial charge in [-0.1, -0.05) is 25.3 Å². The van der Waals surface area contributed by atoms with E-state index in [0.29, 0.717) is 16.9 Å². The van der Waals surface area contributed by atoms with Crippen LogP contribution in [0.15, 0.2) is 42.5 Å². The molecule has 2 saturated carbocycles. The van der Waals surface area contributed by atoms with Gasteiger partial charge in [-0.25, -0.2) is 0 Å². The van der Waals surface area contributed by atoms with Crippen LogP contribution >= 0.6 is 0 Å². The van der Waals surface area contributed by atoms with Crippen molar-refractivity contribution in [2.24, 2.45) is 11.7 Å². The molecule has 1 aliphatic heterocycles. The molecule has 39 heavy (non-hydrogen) atoms. The number of nitrogens with zero attached hydrogens (tertiary/aromatic N) is 2. The molecule has 1 atom stereocenters. The van der Waals surface area contributed by atoms with E-state index in [0.717, 1.165) is 57.8 Å². The number of carbonyl (C=O) groups excluding carboxylic acids is 3. The summed E-state index contributed by atoms with van der Waals surface area (Å²) in [4.78, 5) is 52.8. The second-order valence-corrected chi connectivity index (χ2v) is 11.0. The largest absolute Gasteiger partial charge is 0.349 e. The Hall–Kier alpha value is -3.79. The highest BCUT2D eigenvalue weighted by molar-refractivity contribution is 6.12. The first-order valence-corrected chi connectivity index (χ1v) is 13.9. The number of anilines is 2. The Morgan fingerprint density at radius 3 is 2.44 bits per heavy atom. The van der Waals surface area contributed by atoms with Crippen molar-refractivity contribution in [3.05, 3.63) is 63.7 Å². The molecule has 5 rings (SSSR count). The van der Waals surface area contributed by atoms with E-state index in [9.17, 15) is 24.5 Å². The average molecular weight is 534 g/mol. The van der Waals surface area contributed by atoms with Crippen molar-refractivity contribution >= 4 is 34.8 Å². The van der Waals surface area contributed by atoms with Crippen molar-refractivity contribution in [3.8, 4) is 0 Å². The molecule has 3 aliphatic rings. The van der Waals surface area contributed by atoms with Gasteiger partial charge in [0.05, 0.1) is 16.3 Å². The van der Waals surface area contributed by atoms with Gasteiger partial charge in [0.15, 0.2) is 0 Å². The lowest BCUT2D eigenvalue weighted by Gasteiger charge is -2.37. The van der Waals surface area contributed by atoms with Crippen molar-refractivity contribution in [2.45, 2.75) is 82.3 Å². The van der Waals surface area contributed by atoms with Crippen molar-refractivity contribution in [3.63, 3.8) is 0 Å². The zero-order valence-electron chi connectivity index (χ0n) is 21.9. The quantitative estimate of drug-likeness (QED) is 0.380. The number of nitrogens with one attached hydrogen (secondary N) is 2. The fraction of sp³-hybridized carbons (Fsp3) is 0.483. The Morgan fingerprint density at radius 2 is 1.72 bits per heavy atom. The number of benzene rings is 2. The maximum absolute atomic E-state index is 14.0. The molecule has 2 fully saturated rings. The molecular weight excluding hydrogens is 498 g/mol. The maximum atomic E-state index is 14.0. The van der Waals surface area contributed by atoms with Gasteiger partial charge in [0.25, 0.3) is 17.5 Å². The van der Waals surface area contributed by atoms with Crippen molar-refractivity contribution in [1.29, 1.82) is 0 Å². The number of rotatable bonds is 5. The molecule has 1 heterocycles. The molecular formula is C29H35N5O5. The van der Waals surface area contributed by atoms with Crippen LogP contribution in [0.4, 0.5) is 17.1 Å². The minimum absolute atomic E-state index is 0.0494. The van der Waals surface area contributed by atoms with E-state index in [-0.39, 0.29) is 47.5 Å². The molecule has 2 aromatic rings. The smallest absolute Gasteiger partial charge is 0.270 e. The number of amides is 3. The standard InChI is InChI=1S/C29H35N5O5/c30-21-10-12-22(13-11-21)31-28(36)19-9-14-25-24(16-19)32-27(35)17-26(18-5-2-1-3-6-18)33(25)29(37)20-7-4-8-23(15-20)34(38)39/h4,7-9,14-16,18,21-22,26H,1-3,5-6,10-13,17,30H2,(H,31,36)(H,32,35). The maximum Gasteiger partial charge on any atom is 0.270 e. The molecule has 0 radical (unpaired) electrons. The fourth-order valence-corrected chi connectivity index (χ4v) is 6.23. The van der Waals surface area contributed by atoms with Gasteiger partial charge in [-0.3, -0.25) is 24.5 Å². The third kappa shape index (κ3) is 5.95. The van der Waals surface area contributed by atoms with Gasteiger partial charge in [0, 0.05) is 47.8 Å². The van der Waals surface area contributed by atoms with Gasteiger partial charge < -0.3 is 21.3 Å². The van der Waals surface area contributed by atoms with Gasteiger partial charge in [0.1, 0.15) is 0 Å². The number of nitro benzene ring substituents is 1. The summed E-state index contributed by atoms with van der Waals surface area (Å²) in [5.41, 5.74) is 7.27. The van der Waals surface area contributed by atoms with Gasteiger partial charge >= 0.3 is 0 Å². The van der Waals surface area contributed by atoms with Crippen LogP contribution in [0.2, 0.25) is 0 Å². The second-order valence-electron chi connectivity index (χ2n) is 11.0. The highest BCUT2D eigenvalue weighted by atomic mass is 16.6. The number of hydrogen-bond acceptors (Lipinski definition) is 6. The summed E-state index contributed by atoms with van der Waals surface area (Å²) in [6, 6.07) is 10.5. The first-order valence-electron chi connectivity index (χ1n) is 13.9. The first-order chi connectivity index (χ1) is 18.8. The zero-order valence-corrected chi connectivity index (χ0v) is 21.9. The van der Waals surface area contributed by atoms with Crippen molar-refractivity contribution in [1.82, 2.24) is 5.32 Å². The lowest BCUT2D eigenvalue weighted by atomic mass is 9.81. The highest BCUT2D eigenvalue weighted by Gasteiger charge is 2.38. The molecule has 4 N–H and O–H groups in total. The predicted molar refractivity (Wildman–Crippen MR) is 148 cm³/mol. The molecule has 10 heteroatoms. The van der Waals surface area contributed by atoms with Crippen LogP contribution in [-0.2, 0) is 4.79 Å². The van der Waals surface area contributed by atoms with E-state index in [1.165, 1.54) is 18.2 Å². The summed E-state index contributed by atoms with van der Waals surface area (Å²) < 4.78 is 0. The summed E-state index contributed by atoms with van der Waals surface area (Å²) >= 11 is 0. The predicted octanol–water partition coefficient (Wildman–Crippen LogP) is 4.53.